The van der Waals surface area contributed by atoms with E-state index in [1.165, 1.54) is 63.8 Å². The van der Waals surface area contributed by atoms with Crippen molar-refractivity contribution in [2.24, 2.45) is 5.92 Å². The predicted molar refractivity (Wildman–Crippen MR) is 135 cm³/mol. The summed E-state index contributed by atoms with van der Waals surface area (Å²) < 4.78 is 11.2. The number of hydrogen-bond acceptors (Lipinski definition) is 5. The fourth-order valence-electron chi connectivity index (χ4n) is 3.84. The maximum absolute atomic E-state index is 12.2. The molecule has 0 aliphatic carbocycles. The van der Waals surface area contributed by atoms with Gasteiger partial charge in [-0.3, -0.25) is 0 Å². The first-order valence-corrected chi connectivity index (χ1v) is 12.9. The Kier molecular flexibility index (Phi) is 13.2. The van der Waals surface area contributed by atoms with Crippen LogP contribution in [0.25, 0.3) is 11.4 Å². The molecule has 1 aromatic carbocycles. The third-order valence-electron chi connectivity index (χ3n) is 5.87. The van der Waals surface area contributed by atoms with Crippen molar-refractivity contribution in [1.29, 1.82) is 0 Å². The highest BCUT2D eigenvalue weighted by Gasteiger charge is 2.10. The number of carbonyl (C=O) groups excluding carboxylic acids is 1. The Morgan fingerprint density at radius 3 is 2.18 bits per heavy atom. The smallest absolute Gasteiger partial charge is 0.341 e. The average Bonchev–Trinajstić information content (AvgIpc) is 2.84. The van der Waals surface area contributed by atoms with Gasteiger partial charge < -0.3 is 9.47 Å². The maximum Gasteiger partial charge on any atom is 0.341 e. The molecule has 1 heterocycles. The molecule has 0 saturated heterocycles. The van der Waals surface area contributed by atoms with Crippen LogP contribution in [-0.2, 0) is 4.74 Å². The van der Waals surface area contributed by atoms with Crippen molar-refractivity contribution >= 4 is 5.97 Å². The molecule has 5 heteroatoms. The van der Waals surface area contributed by atoms with Crippen molar-refractivity contribution in [2.75, 3.05) is 13.2 Å². The number of ether oxygens (including phenoxy) is 2. The van der Waals surface area contributed by atoms with Crippen molar-refractivity contribution in [3.8, 4) is 17.1 Å². The number of esters is 1. The van der Waals surface area contributed by atoms with Crippen LogP contribution in [-0.4, -0.2) is 29.2 Å². The Labute approximate surface area is 200 Å². The zero-order valence-electron chi connectivity index (χ0n) is 20.9. The van der Waals surface area contributed by atoms with Crippen LogP contribution in [0.4, 0.5) is 0 Å². The van der Waals surface area contributed by atoms with Crippen molar-refractivity contribution in [2.45, 2.75) is 91.4 Å². The van der Waals surface area contributed by atoms with E-state index >= 15 is 0 Å². The highest BCUT2D eigenvalue weighted by atomic mass is 16.5. The third kappa shape index (κ3) is 10.8. The molecule has 1 aromatic heterocycles. The van der Waals surface area contributed by atoms with Crippen LogP contribution in [0.5, 0.6) is 5.75 Å². The molecule has 182 valence electrons. The van der Waals surface area contributed by atoms with Crippen LogP contribution in [0.1, 0.15) is 102 Å². The fourth-order valence-corrected chi connectivity index (χ4v) is 3.84. The molecule has 1 unspecified atom stereocenters. The van der Waals surface area contributed by atoms with Crippen LogP contribution in [0.3, 0.4) is 0 Å². The Bertz CT molecular complexity index is 775. The van der Waals surface area contributed by atoms with E-state index in [1.54, 1.807) is 0 Å². The quantitative estimate of drug-likeness (QED) is 0.181. The lowest BCUT2D eigenvalue weighted by molar-refractivity contribution is 0.0496. The molecule has 33 heavy (non-hydrogen) atoms. The second kappa shape index (κ2) is 16.2. The van der Waals surface area contributed by atoms with E-state index in [2.05, 4.69) is 30.7 Å². The lowest BCUT2D eigenvalue weighted by Gasteiger charge is -2.09. The van der Waals surface area contributed by atoms with E-state index in [4.69, 9.17) is 9.47 Å². The Morgan fingerprint density at radius 2 is 1.48 bits per heavy atom. The molecule has 0 aliphatic rings. The summed E-state index contributed by atoms with van der Waals surface area (Å²) in [5.74, 6) is 1.82. The van der Waals surface area contributed by atoms with Gasteiger partial charge >= 0.3 is 5.97 Å². The first kappa shape index (κ1) is 26.8. The van der Waals surface area contributed by atoms with E-state index in [0.717, 1.165) is 43.1 Å². The molecule has 5 nitrogen and oxygen atoms in total. The summed E-state index contributed by atoms with van der Waals surface area (Å²) in [6.07, 6.45) is 16.2. The zero-order valence-corrected chi connectivity index (χ0v) is 20.9. The van der Waals surface area contributed by atoms with Gasteiger partial charge in [-0.2, -0.15) is 0 Å². The third-order valence-corrected chi connectivity index (χ3v) is 5.87. The molecule has 0 amide bonds. The summed E-state index contributed by atoms with van der Waals surface area (Å²) in [7, 11) is 0. The molecular formula is C28H42N2O3. The van der Waals surface area contributed by atoms with Gasteiger partial charge in [0, 0.05) is 18.0 Å². The van der Waals surface area contributed by atoms with E-state index < -0.39 is 0 Å². The maximum atomic E-state index is 12.2. The van der Waals surface area contributed by atoms with Crippen LogP contribution in [0.2, 0.25) is 0 Å². The minimum absolute atomic E-state index is 0.360. The summed E-state index contributed by atoms with van der Waals surface area (Å²) in [6, 6.07) is 7.78. The van der Waals surface area contributed by atoms with Crippen molar-refractivity contribution in [3.63, 3.8) is 0 Å². The average molecular weight is 455 g/mol. The topological polar surface area (TPSA) is 61.3 Å². The lowest BCUT2D eigenvalue weighted by Crippen LogP contribution is -2.08. The van der Waals surface area contributed by atoms with E-state index in [0.29, 0.717) is 18.0 Å². The number of benzene rings is 1. The SMILES string of the molecule is CCCCCCCCOc1ccc(-c2ncc(C(=O)OCCCCC(C)CCC)cn2)cc1. The second-order valence-corrected chi connectivity index (χ2v) is 8.96. The highest BCUT2D eigenvalue weighted by molar-refractivity contribution is 5.88. The number of hydrogen-bond donors (Lipinski definition) is 0. The van der Waals surface area contributed by atoms with Gasteiger partial charge in [0.15, 0.2) is 5.82 Å². The molecule has 0 fully saturated rings. The summed E-state index contributed by atoms with van der Waals surface area (Å²) in [5, 5.41) is 0. The summed E-state index contributed by atoms with van der Waals surface area (Å²) in [4.78, 5) is 20.9. The minimum atomic E-state index is -0.360. The van der Waals surface area contributed by atoms with Crippen molar-refractivity contribution in [3.05, 3.63) is 42.2 Å². The Morgan fingerprint density at radius 1 is 0.818 bits per heavy atom. The molecular weight excluding hydrogens is 412 g/mol. The van der Waals surface area contributed by atoms with Gasteiger partial charge in [-0.15, -0.1) is 0 Å². The summed E-state index contributed by atoms with van der Waals surface area (Å²) >= 11 is 0. The first-order chi connectivity index (χ1) is 16.1. The molecule has 0 aliphatic heterocycles. The zero-order chi connectivity index (χ0) is 23.7. The number of nitrogens with zero attached hydrogens (tertiary/aromatic N) is 2. The number of unbranched alkanes of at least 4 members (excludes halogenated alkanes) is 6. The van der Waals surface area contributed by atoms with E-state index in [-0.39, 0.29) is 5.97 Å². The highest BCUT2D eigenvalue weighted by Crippen LogP contribution is 2.20. The molecule has 0 saturated carbocycles. The predicted octanol–water partition coefficient (Wildman–Crippen LogP) is 7.65. The van der Waals surface area contributed by atoms with Gasteiger partial charge in [0.25, 0.3) is 0 Å². The van der Waals surface area contributed by atoms with Gasteiger partial charge in [-0.25, -0.2) is 14.8 Å². The number of carbonyl (C=O) groups is 1. The molecule has 0 radical (unpaired) electrons. The van der Waals surface area contributed by atoms with Gasteiger partial charge in [-0.1, -0.05) is 72.1 Å². The van der Waals surface area contributed by atoms with Gasteiger partial charge in [0.1, 0.15) is 5.75 Å². The fraction of sp³-hybridized carbons (Fsp3) is 0.607. The van der Waals surface area contributed by atoms with Crippen LogP contribution < -0.4 is 4.74 Å². The van der Waals surface area contributed by atoms with Gasteiger partial charge in [0.05, 0.1) is 18.8 Å². The number of aromatic nitrogens is 2. The van der Waals surface area contributed by atoms with E-state index in [1.807, 2.05) is 24.3 Å². The van der Waals surface area contributed by atoms with Gasteiger partial charge in [-0.05, 0) is 49.4 Å². The monoisotopic (exact) mass is 454 g/mol. The number of rotatable bonds is 17. The van der Waals surface area contributed by atoms with Crippen molar-refractivity contribution in [1.82, 2.24) is 9.97 Å². The van der Waals surface area contributed by atoms with Crippen molar-refractivity contribution < 1.29 is 14.3 Å². The molecule has 2 rings (SSSR count). The molecule has 1 atom stereocenters. The summed E-state index contributed by atoms with van der Waals surface area (Å²) in [5.41, 5.74) is 1.28. The molecule has 0 spiro atoms. The van der Waals surface area contributed by atoms with Crippen LogP contribution in [0, 0.1) is 5.92 Å². The van der Waals surface area contributed by atoms with Gasteiger partial charge in [0.2, 0.25) is 0 Å². The minimum Gasteiger partial charge on any atom is -0.494 e. The van der Waals surface area contributed by atoms with Crippen LogP contribution in [0.15, 0.2) is 36.7 Å². The molecule has 0 N–H and O–H groups in total. The second-order valence-electron chi connectivity index (χ2n) is 8.96. The van der Waals surface area contributed by atoms with E-state index in [9.17, 15) is 4.79 Å². The Hall–Kier alpha value is -2.43. The lowest BCUT2D eigenvalue weighted by atomic mass is 9.99. The largest absolute Gasteiger partial charge is 0.494 e. The van der Waals surface area contributed by atoms with Crippen LogP contribution >= 0.6 is 0 Å². The first-order valence-electron chi connectivity index (χ1n) is 12.9. The summed E-state index contributed by atoms with van der Waals surface area (Å²) in [6.45, 7) is 7.92. The standard InChI is InChI=1S/C28H42N2O3/c1-4-6-7-8-9-11-19-32-26-17-15-24(16-18-26)27-29-21-25(22-30-27)28(31)33-20-12-10-14-23(3)13-5-2/h15-18,21-23H,4-14,19-20H2,1-3H3. The Balaban J connectivity index is 1.70. The normalized spacial score (nSPS) is 11.8. The molecule has 0 bridgehead atoms. The molecule has 2 aromatic rings.